The topological polar surface area (TPSA) is 108 Å². The fraction of sp³-hybridized carbons (Fsp3) is 0.848. The summed E-state index contributed by atoms with van der Waals surface area (Å²) in [4.78, 5) is 35.8. The van der Waals surface area contributed by atoms with Crippen molar-refractivity contribution in [3.05, 3.63) is 48.6 Å². The Balaban J connectivity index is 4.03. The van der Waals surface area contributed by atoms with E-state index in [0.29, 0.717) is 23.9 Å². The van der Waals surface area contributed by atoms with Gasteiger partial charge >= 0.3 is 19.8 Å². The monoisotopic (exact) mass is 1090 g/mol. The maximum absolute atomic E-state index is 12.9. The van der Waals surface area contributed by atoms with E-state index in [2.05, 4.69) is 62.5 Å². The Labute approximate surface area is 471 Å². The Hall–Kier alpha value is -2.03. The van der Waals surface area contributed by atoms with Crippen molar-refractivity contribution in [1.29, 1.82) is 0 Å². The molecule has 0 aliphatic carbocycles. The lowest BCUT2D eigenvalue weighted by Crippen LogP contribution is -2.37. The van der Waals surface area contributed by atoms with Crippen LogP contribution in [0.25, 0.3) is 0 Å². The minimum atomic E-state index is -4.39. The predicted molar refractivity (Wildman–Crippen MR) is 326 cm³/mol. The molecule has 0 spiro atoms. The second-order valence-electron chi connectivity index (χ2n) is 23.1. The molecule has 0 radical (unpaired) electrons. The van der Waals surface area contributed by atoms with Gasteiger partial charge in [-0.05, 0) is 51.4 Å². The van der Waals surface area contributed by atoms with Gasteiger partial charge in [-0.25, -0.2) is 4.57 Å². The molecular formula is C66H125NO8P+. The summed E-state index contributed by atoms with van der Waals surface area (Å²) in [5.74, 6) is -0.779. The maximum Gasteiger partial charge on any atom is 0.472 e. The normalized spacial score (nSPS) is 13.5. The van der Waals surface area contributed by atoms with E-state index < -0.39 is 26.5 Å². The first kappa shape index (κ1) is 74.0. The molecule has 2 atom stereocenters. The van der Waals surface area contributed by atoms with Crippen molar-refractivity contribution in [2.75, 3.05) is 47.5 Å². The van der Waals surface area contributed by atoms with Crippen molar-refractivity contribution in [1.82, 2.24) is 0 Å². The quantitative estimate of drug-likeness (QED) is 0.0211. The number of hydrogen-bond acceptors (Lipinski definition) is 7. The molecule has 0 saturated carbocycles. The number of rotatable bonds is 60. The first-order valence-electron chi connectivity index (χ1n) is 32.4. The first-order chi connectivity index (χ1) is 37.0. The summed E-state index contributed by atoms with van der Waals surface area (Å²) in [5.41, 5.74) is 0. The summed E-state index contributed by atoms with van der Waals surface area (Å²) in [6.07, 6.45) is 73.4. The minimum Gasteiger partial charge on any atom is -0.462 e. The fourth-order valence-corrected chi connectivity index (χ4v) is 10.2. The Morgan fingerprint density at radius 2 is 0.750 bits per heavy atom. The number of carbonyl (C=O) groups is 2. The van der Waals surface area contributed by atoms with Crippen molar-refractivity contribution in [3.8, 4) is 0 Å². The number of quaternary nitrogens is 1. The Morgan fingerprint density at radius 3 is 1.12 bits per heavy atom. The predicted octanol–water partition coefficient (Wildman–Crippen LogP) is 20.5. The SMILES string of the molecule is CC/C=C\C/C=C\C/C=C\C/C=C\CCCCCCCCCCCCCCCCCCCCC(=O)OC(COC(=O)CCCCCCCCCCCCCCCCCCCCCCC)COP(=O)(O)OCC[N+](C)(C)C. The molecule has 0 rings (SSSR count). The lowest BCUT2D eigenvalue weighted by atomic mass is 10.0. The first-order valence-corrected chi connectivity index (χ1v) is 33.9. The van der Waals surface area contributed by atoms with Gasteiger partial charge in [0.2, 0.25) is 0 Å². The minimum absolute atomic E-state index is 0.0341. The molecule has 0 heterocycles. The lowest BCUT2D eigenvalue weighted by Gasteiger charge is -2.24. The molecule has 446 valence electrons. The van der Waals surface area contributed by atoms with E-state index >= 15 is 0 Å². The van der Waals surface area contributed by atoms with Crippen LogP contribution in [0.15, 0.2) is 48.6 Å². The van der Waals surface area contributed by atoms with Gasteiger partial charge in [0, 0.05) is 12.8 Å². The van der Waals surface area contributed by atoms with E-state index in [0.717, 1.165) is 57.8 Å². The number of phosphoric ester groups is 1. The highest BCUT2D eigenvalue weighted by atomic mass is 31.2. The highest BCUT2D eigenvalue weighted by molar-refractivity contribution is 7.47. The third kappa shape index (κ3) is 61.2. The van der Waals surface area contributed by atoms with Crippen LogP contribution in [0.1, 0.15) is 309 Å². The van der Waals surface area contributed by atoms with Gasteiger partial charge in [-0.1, -0.05) is 294 Å². The lowest BCUT2D eigenvalue weighted by molar-refractivity contribution is -0.870. The molecule has 76 heavy (non-hydrogen) atoms. The van der Waals surface area contributed by atoms with Gasteiger partial charge in [0.25, 0.3) is 0 Å². The third-order valence-corrected chi connectivity index (χ3v) is 15.4. The van der Waals surface area contributed by atoms with Gasteiger partial charge in [-0.2, -0.15) is 0 Å². The molecule has 0 aromatic rings. The molecule has 0 bridgehead atoms. The highest BCUT2D eigenvalue weighted by Gasteiger charge is 2.27. The van der Waals surface area contributed by atoms with Gasteiger partial charge in [0.05, 0.1) is 27.7 Å². The van der Waals surface area contributed by atoms with Crippen LogP contribution >= 0.6 is 7.82 Å². The molecule has 2 unspecified atom stereocenters. The van der Waals surface area contributed by atoms with Crippen LogP contribution in [-0.4, -0.2) is 74.9 Å². The molecule has 0 aromatic carbocycles. The van der Waals surface area contributed by atoms with Gasteiger partial charge in [0.15, 0.2) is 6.10 Å². The molecule has 9 nitrogen and oxygen atoms in total. The molecular weight excluding hydrogens is 966 g/mol. The number of unbranched alkanes of at least 4 members (excludes halogenated alkanes) is 38. The van der Waals surface area contributed by atoms with E-state index in [1.807, 2.05) is 21.1 Å². The fourth-order valence-electron chi connectivity index (χ4n) is 9.42. The van der Waals surface area contributed by atoms with Crippen LogP contribution in [0, 0.1) is 0 Å². The maximum atomic E-state index is 12.9. The van der Waals surface area contributed by atoms with E-state index in [4.69, 9.17) is 18.5 Å². The molecule has 0 aliphatic rings. The number of nitrogens with zero attached hydrogens (tertiary/aromatic N) is 1. The molecule has 0 aromatic heterocycles. The van der Waals surface area contributed by atoms with Crippen LogP contribution in [0.3, 0.4) is 0 Å². The number of phosphoric acid groups is 1. The Kier molecular flexibility index (Phi) is 56.1. The third-order valence-electron chi connectivity index (χ3n) is 14.4. The van der Waals surface area contributed by atoms with Crippen molar-refractivity contribution < 1.29 is 42.1 Å². The van der Waals surface area contributed by atoms with Crippen LogP contribution < -0.4 is 0 Å². The molecule has 0 saturated heterocycles. The number of carbonyl (C=O) groups excluding carboxylic acids is 2. The average molecular weight is 1090 g/mol. The van der Waals surface area contributed by atoms with Gasteiger partial charge in [-0.3, -0.25) is 18.6 Å². The average Bonchev–Trinajstić information content (AvgIpc) is 3.38. The Morgan fingerprint density at radius 1 is 0.421 bits per heavy atom. The van der Waals surface area contributed by atoms with E-state index in [1.54, 1.807) is 0 Å². The molecule has 1 N–H and O–H groups in total. The second kappa shape index (κ2) is 57.6. The summed E-state index contributed by atoms with van der Waals surface area (Å²) in [6, 6.07) is 0. The van der Waals surface area contributed by atoms with E-state index in [9.17, 15) is 19.0 Å². The largest absolute Gasteiger partial charge is 0.472 e. The van der Waals surface area contributed by atoms with Gasteiger partial charge in [-0.15, -0.1) is 0 Å². The number of allylic oxidation sites excluding steroid dienone is 8. The smallest absolute Gasteiger partial charge is 0.462 e. The van der Waals surface area contributed by atoms with Crippen molar-refractivity contribution in [3.63, 3.8) is 0 Å². The van der Waals surface area contributed by atoms with Crippen molar-refractivity contribution in [2.45, 2.75) is 315 Å². The summed E-state index contributed by atoms with van der Waals surface area (Å²) < 4.78 is 34.7. The number of esters is 2. The standard InChI is InChI=1S/C66H124NO8P/c1-6-8-10-12-14-16-18-20-22-24-26-28-29-30-31-32-33-34-35-36-37-39-41-43-45-47-49-51-53-55-57-59-66(69)75-64(63-74-76(70,71)73-61-60-67(3,4)5)62-72-65(68)58-56-54-52-50-48-46-44-42-40-38-27-25-23-21-19-17-15-13-11-9-7-2/h8,10,14,16,20,22,26,28,64H,6-7,9,11-13,15,17-19,21,23-25,27,29-63H2,1-5H3/p+1/b10-8-,16-14-,22-20-,28-26-. The van der Waals surface area contributed by atoms with E-state index in [1.165, 1.54) is 218 Å². The Bertz CT molecular complexity index is 1420. The molecule has 0 aliphatic heterocycles. The summed E-state index contributed by atoms with van der Waals surface area (Å²) in [5, 5.41) is 0. The van der Waals surface area contributed by atoms with E-state index in [-0.39, 0.29) is 25.6 Å². The zero-order valence-corrected chi connectivity index (χ0v) is 51.6. The van der Waals surface area contributed by atoms with Gasteiger partial charge in [0.1, 0.15) is 19.8 Å². The summed E-state index contributed by atoms with van der Waals surface area (Å²) in [7, 11) is 1.49. The number of likely N-dealkylation sites (N-methyl/N-ethyl adjacent to an activating group) is 1. The van der Waals surface area contributed by atoms with Crippen LogP contribution in [-0.2, 0) is 32.7 Å². The zero-order chi connectivity index (χ0) is 55.6. The highest BCUT2D eigenvalue weighted by Crippen LogP contribution is 2.43. The second-order valence-corrected chi connectivity index (χ2v) is 24.6. The molecule has 0 amide bonds. The molecule has 10 heteroatoms. The summed E-state index contributed by atoms with van der Waals surface area (Å²) >= 11 is 0. The number of hydrogen-bond donors (Lipinski definition) is 1. The van der Waals surface area contributed by atoms with Crippen LogP contribution in [0.4, 0.5) is 0 Å². The number of ether oxygens (including phenoxy) is 2. The van der Waals surface area contributed by atoms with Crippen LogP contribution in [0.2, 0.25) is 0 Å². The zero-order valence-electron chi connectivity index (χ0n) is 50.8. The van der Waals surface area contributed by atoms with Gasteiger partial charge < -0.3 is 18.9 Å². The van der Waals surface area contributed by atoms with Crippen molar-refractivity contribution >= 4 is 19.8 Å². The van der Waals surface area contributed by atoms with Crippen molar-refractivity contribution in [2.24, 2.45) is 0 Å². The molecule has 0 fully saturated rings. The van der Waals surface area contributed by atoms with Crippen LogP contribution in [0.5, 0.6) is 0 Å². The summed E-state index contributed by atoms with van der Waals surface area (Å²) in [6.45, 7) is 4.38.